The molecule has 0 amide bonds. The fourth-order valence-electron chi connectivity index (χ4n) is 1.89. The highest BCUT2D eigenvalue weighted by molar-refractivity contribution is 7.13. The van der Waals surface area contributed by atoms with E-state index in [-0.39, 0.29) is 5.89 Å². The van der Waals surface area contributed by atoms with Gasteiger partial charge in [-0.25, -0.2) is 4.79 Å². The molecule has 2 heterocycles. The Hall–Kier alpha value is -2.73. The molecule has 0 bridgehead atoms. The van der Waals surface area contributed by atoms with E-state index >= 15 is 0 Å². The fraction of sp³-hybridized carbons (Fsp3) is 0.118. The van der Waals surface area contributed by atoms with Crippen LogP contribution in [0.1, 0.15) is 24.5 Å². The zero-order valence-corrected chi connectivity index (χ0v) is 13.2. The number of hydrogen-bond acceptors (Lipinski definition) is 6. The first-order chi connectivity index (χ1) is 11.2. The number of carbonyl (C=O) groups excluding carboxylic acids is 1. The summed E-state index contributed by atoms with van der Waals surface area (Å²) in [6.45, 7) is 1.69. The number of hydrogen-bond donors (Lipinski definition) is 0. The molecule has 0 fully saturated rings. The molecule has 0 unspecified atom stereocenters. The highest BCUT2D eigenvalue weighted by Crippen LogP contribution is 2.25. The van der Waals surface area contributed by atoms with E-state index in [0.29, 0.717) is 5.89 Å². The first kappa shape index (κ1) is 15.2. The molecule has 2 aromatic heterocycles. The van der Waals surface area contributed by atoms with Gasteiger partial charge in [-0.05, 0) is 30.0 Å². The van der Waals surface area contributed by atoms with Crippen LogP contribution in [0.2, 0.25) is 0 Å². The van der Waals surface area contributed by atoms with Crippen LogP contribution < -0.4 is 0 Å². The van der Waals surface area contributed by atoms with Crippen LogP contribution in [0, 0.1) is 0 Å². The lowest BCUT2D eigenvalue weighted by atomic mass is 10.2. The molecular formula is C17H14N2O3S. The van der Waals surface area contributed by atoms with Crippen molar-refractivity contribution in [3.8, 4) is 10.8 Å². The summed E-state index contributed by atoms with van der Waals surface area (Å²) in [5.41, 5.74) is 0.926. The van der Waals surface area contributed by atoms with Crippen LogP contribution in [-0.2, 0) is 9.53 Å². The highest BCUT2D eigenvalue weighted by Gasteiger charge is 2.18. The van der Waals surface area contributed by atoms with Crippen molar-refractivity contribution in [2.24, 2.45) is 0 Å². The Labute approximate surface area is 137 Å². The van der Waals surface area contributed by atoms with Crippen LogP contribution in [0.3, 0.4) is 0 Å². The average molecular weight is 326 g/mol. The van der Waals surface area contributed by atoms with Crippen molar-refractivity contribution in [1.29, 1.82) is 0 Å². The van der Waals surface area contributed by atoms with Gasteiger partial charge in [0.1, 0.15) is 0 Å². The molecule has 0 spiro atoms. The van der Waals surface area contributed by atoms with Gasteiger partial charge in [0.2, 0.25) is 0 Å². The maximum atomic E-state index is 11.8. The first-order valence-corrected chi connectivity index (χ1v) is 7.91. The molecule has 3 rings (SSSR count). The summed E-state index contributed by atoms with van der Waals surface area (Å²) < 4.78 is 10.8. The molecule has 3 aromatic rings. The molecule has 23 heavy (non-hydrogen) atoms. The third-order valence-corrected chi connectivity index (χ3v) is 3.88. The minimum absolute atomic E-state index is 0.273. The van der Waals surface area contributed by atoms with E-state index in [9.17, 15) is 4.79 Å². The van der Waals surface area contributed by atoms with Crippen LogP contribution in [0.4, 0.5) is 0 Å². The van der Waals surface area contributed by atoms with Crippen LogP contribution >= 0.6 is 11.3 Å². The Balaban J connectivity index is 1.61. The van der Waals surface area contributed by atoms with E-state index in [1.54, 1.807) is 13.0 Å². The number of esters is 1. The molecule has 0 aliphatic heterocycles. The van der Waals surface area contributed by atoms with Crippen LogP contribution in [-0.4, -0.2) is 16.2 Å². The number of carbonyl (C=O) groups is 1. The van der Waals surface area contributed by atoms with E-state index in [0.717, 1.165) is 10.4 Å². The van der Waals surface area contributed by atoms with Crippen molar-refractivity contribution in [3.05, 3.63) is 65.4 Å². The average Bonchev–Trinajstić information content (AvgIpc) is 3.24. The Kier molecular flexibility index (Phi) is 4.63. The van der Waals surface area contributed by atoms with Crippen LogP contribution in [0.15, 0.2) is 58.3 Å². The van der Waals surface area contributed by atoms with Gasteiger partial charge in [-0.15, -0.1) is 21.5 Å². The Morgan fingerprint density at radius 2 is 2.04 bits per heavy atom. The van der Waals surface area contributed by atoms with E-state index < -0.39 is 12.1 Å². The third kappa shape index (κ3) is 3.92. The van der Waals surface area contributed by atoms with Gasteiger partial charge < -0.3 is 9.15 Å². The number of thiophene rings is 1. The Morgan fingerprint density at radius 1 is 1.22 bits per heavy atom. The summed E-state index contributed by atoms with van der Waals surface area (Å²) in [6.07, 6.45) is 2.46. The van der Waals surface area contributed by atoms with Gasteiger partial charge in [-0.3, -0.25) is 0 Å². The standard InChI is InChI=1S/C17H14N2O3S/c1-12(16-18-19-17(22-16)14-8-5-11-23-14)21-15(20)10-9-13-6-3-2-4-7-13/h2-12H,1H3/b10-9+/t12-/m0/s1. The zero-order chi connectivity index (χ0) is 16.1. The van der Waals surface area contributed by atoms with Gasteiger partial charge in [-0.2, -0.15) is 0 Å². The summed E-state index contributed by atoms with van der Waals surface area (Å²) in [7, 11) is 0. The maximum absolute atomic E-state index is 11.8. The lowest BCUT2D eigenvalue weighted by molar-refractivity contribution is -0.143. The van der Waals surface area contributed by atoms with E-state index in [1.807, 2.05) is 47.8 Å². The summed E-state index contributed by atoms with van der Waals surface area (Å²) >= 11 is 1.51. The minimum atomic E-state index is -0.607. The Bertz CT molecular complexity index is 794. The van der Waals surface area contributed by atoms with E-state index in [1.165, 1.54) is 17.4 Å². The summed E-state index contributed by atoms with van der Waals surface area (Å²) in [6, 6.07) is 13.3. The van der Waals surface area contributed by atoms with Crippen molar-refractivity contribution in [2.75, 3.05) is 0 Å². The normalized spacial score (nSPS) is 12.4. The molecule has 0 aliphatic rings. The molecule has 0 N–H and O–H groups in total. The van der Waals surface area contributed by atoms with Gasteiger partial charge in [-0.1, -0.05) is 36.4 Å². The Morgan fingerprint density at radius 3 is 2.78 bits per heavy atom. The van der Waals surface area contributed by atoms with E-state index in [4.69, 9.17) is 9.15 Å². The second-order valence-electron chi connectivity index (χ2n) is 4.75. The summed E-state index contributed by atoms with van der Waals surface area (Å²) in [4.78, 5) is 12.7. The second-order valence-corrected chi connectivity index (χ2v) is 5.69. The quantitative estimate of drug-likeness (QED) is 0.521. The topological polar surface area (TPSA) is 65.2 Å². The molecule has 1 aromatic carbocycles. The predicted octanol–water partition coefficient (Wildman–Crippen LogP) is 4.12. The monoisotopic (exact) mass is 326 g/mol. The summed E-state index contributed by atoms with van der Waals surface area (Å²) in [5.74, 6) is 0.241. The van der Waals surface area contributed by atoms with Crippen molar-refractivity contribution in [2.45, 2.75) is 13.0 Å². The van der Waals surface area contributed by atoms with E-state index in [2.05, 4.69) is 10.2 Å². The maximum Gasteiger partial charge on any atom is 0.331 e. The van der Waals surface area contributed by atoms with Gasteiger partial charge in [0.15, 0.2) is 6.10 Å². The lowest BCUT2D eigenvalue weighted by Crippen LogP contribution is -2.06. The van der Waals surface area contributed by atoms with Crippen molar-refractivity contribution in [1.82, 2.24) is 10.2 Å². The number of ether oxygens (including phenoxy) is 1. The molecular weight excluding hydrogens is 312 g/mol. The first-order valence-electron chi connectivity index (χ1n) is 7.03. The lowest BCUT2D eigenvalue weighted by Gasteiger charge is -2.06. The molecule has 1 atom stereocenters. The minimum Gasteiger partial charge on any atom is -0.449 e. The fourth-order valence-corrected chi connectivity index (χ4v) is 2.54. The van der Waals surface area contributed by atoms with Gasteiger partial charge in [0.25, 0.3) is 11.8 Å². The predicted molar refractivity (Wildman–Crippen MR) is 87.6 cm³/mol. The van der Waals surface area contributed by atoms with Crippen molar-refractivity contribution < 1.29 is 13.9 Å². The molecule has 0 aliphatic carbocycles. The highest BCUT2D eigenvalue weighted by atomic mass is 32.1. The van der Waals surface area contributed by atoms with Crippen LogP contribution in [0.25, 0.3) is 16.8 Å². The van der Waals surface area contributed by atoms with Crippen LogP contribution in [0.5, 0.6) is 0 Å². The SMILES string of the molecule is C[C@H](OC(=O)/C=C/c1ccccc1)c1nnc(-c2cccs2)o1. The molecule has 5 nitrogen and oxygen atoms in total. The van der Waals surface area contributed by atoms with Gasteiger partial charge in [0.05, 0.1) is 4.88 Å². The smallest absolute Gasteiger partial charge is 0.331 e. The summed E-state index contributed by atoms with van der Waals surface area (Å²) in [5, 5.41) is 9.82. The largest absolute Gasteiger partial charge is 0.449 e. The molecule has 0 radical (unpaired) electrons. The third-order valence-electron chi connectivity index (χ3n) is 3.02. The van der Waals surface area contributed by atoms with Crippen molar-refractivity contribution in [3.63, 3.8) is 0 Å². The zero-order valence-electron chi connectivity index (χ0n) is 12.4. The second kappa shape index (κ2) is 7.02. The number of nitrogens with zero attached hydrogens (tertiary/aromatic N) is 2. The molecule has 6 heteroatoms. The van der Waals surface area contributed by atoms with Gasteiger partial charge in [0, 0.05) is 6.08 Å². The number of rotatable bonds is 5. The molecule has 0 saturated carbocycles. The number of benzene rings is 1. The number of aromatic nitrogens is 2. The molecule has 0 saturated heterocycles. The molecule has 116 valence electrons. The van der Waals surface area contributed by atoms with Gasteiger partial charge >= 0.3 is 5.97 Å². The van der Waals surface area contributed by atoms with Crippen molar-refractivity contribution >= 4 is 23.4 Å².